The van der Waals surface area contributed by atoms with Gasteiger partial charge in [-0.1, -0.05) is 25.1 Å². The zero-order valence-corrected chi connectivity index (χ0v) is 12.4. The van der Waals surface area contributed by atoms with Gasteiger partial charge in [0, 0.05) is 5.69 Å². The number of hydrogen-bond acceptors (Lipinski definition) is 3. The van der Waals surface area contributed by atoms with Crippen molar-refractivity contribution >= 4 is 17.1 Å². The van der Waals surface area contributed by atoms with E-state index in [-0.39, 0.29) is 0 Å². The van der Waals surface area contributed by atoms with Crippen molar-refractivity contribution in [3.05, 3.63) is 47.5 Å². The van der Waals surface area contributed by atoms with Crippen molar-refractivity contribution in [2.24, 2.45) is 0 Å². The molecule has 0 aliphatic rings. The minimum Gasteiger partial charge on any atom is -0.491 e. The molecule has 2 rings (SSSR count). The lowest BCUT2D eigenvalue weighted by atomic mass is 10.1. The fourth-order valence-electron chi connectivity index (χ4n) is 2.01. The summed E-state index contributed by atoms with van der Waals surface area (Å²) < 4.78 is 5.65. The molecule has 0 amide bonds. The van der Waals surface area contributed by atoms with Gasteiger partial charge in [0.1, 0.15) is 5.75 Å². The normalized spacial score (nSPS) is 10.3. The van der Waals surface area contributed by atoms with E-state index in [4.69, 9.17) is 10.5 Å². The van der Waals surface area contributed by atoms with Crippen LogP contribution in [0, 0.1) is 13.8 Å². The van der Waals surface area contributed by atoms with Crippen molar-refractivity contribution in [2.45, 2.75) is 27.2 Å². The molecule has 0 radical (unpaired) electrons. The smallest absolute Gasteiger partial charge is 0.144 e. The maximum atomic E-state index is 6.17. The van der Waals surface area contributed by atoms with Crippen molar-refractivity contribution in [2.75, 3.05) is 17.7 Å². The number of ether oxygens (including phenoxy) is 1. The van der Waals surface area contributed by atoms with Crippen molar-refractivity contribution in [3.63, 3.8) is 0 Å². The standard InChI is InChI=1S/C17H22N2O/c1-4-10-20-16-7-5-6-14(17(16)18)19-15-11-12(2)8-9-13(15)3/h5-9,11,19H,4,10,18H2,1-3H3. The summed E-state index contributed by atoms with van der Waals surface area (Å²) in [4.78, 5) is 0. The number of para-hydroxylation sites is 1. The molecule has 20 heavy (non-hydrogen) atoms. The first-order chi connectivity index (χ1) is 9.61. The van der Waals surface area contributed by atoms with Crippen molar-refractivity contribution in [1.82, 2.24) is 0 Å². The summed E-state index contributed by atoms with van der Waals surface area (Å²) in [6.07, 6.45) is 0.966. The first-order valence-corrected chi connectivity index (χ1v) is 6.97. The molecule has 0 aliphatic carbocycles. The van der Waals surface area contributed by atoms with Crippen LogP contribution in [0.25, 0.3) is 0 Å². The largest absolute Gasteiger partial charge is 0.491 e. The van der Waals surface area contributed by atoms with Crippen LogP contribution in [0.5, 0.6) is 5.75 Å². The molecule has 0 saturated heterocycles. The van der Waals surface area contributed by atoms with E-state index < -0.39 is 0 Å². The third kappa shape index (κ3) is 3.23. The van der Waals surface area contributed by atoms with E-state index in [1.165, 1.54) is 11.1 Å². The Morgan fingerprint density at radius 1 is 1.10 bits per heavy atom. The summed E-state index contributed by atoms with van der Waals surface area (Å²) in [6, 6.07) is 12.1. The van der Waals surface area contributed by atoms with E-state index in [0.717, 1.165) is 23.5 Å². The van der Waals surface area contributed by atoms with Crippen LogP contribution >= 0.6 is 0 Å². The van der Waals surface area contributed by atoms with Gasteiger partial charge in [-0.15, -0.1) is 0 Å². The average Bonchev–Trinajstić information content (AvgIpc) is 2.44. The average molecular weight is 270 g/mol. The van der Waals surface area contributed by atoms with Crippen molar-refractivity contribution in [1.29, 1.82) is 0 Å². The Hall–Kier alpha value is -2.16. The van der Waals surface area contributed by atoms with E-state index in [0.29, 0.717) is 12.3 Å². The number of nitrogens with two attached hydrogens (primary N) is 1. The lowest BCUT2D eigenvalue weighted by Gasteiger charge is -2.15. The highest BCUT2D eigenvalue weighted by molar-refractivity contribution is 5.78. The van der Waals surface area contributed by atoms with Gasteiger partial charge in [0.2, 0.25) is 0 Å². The fourth-order valence-corrected chi connectivity index (χ4v) is 2.01. The highest BCUT2D eigenvalue weighted by Gasteiger charge is 2.07. The molecule has 0 aromatic heterocycles. The Bertz CT molecular complexity index is 594. The quantitative estimate of drug-likeness (QED) is 0.791. The Kier molecular flexibility index (Phi) is 4.51. The summed E-state index contributed by atoms with van der Waals surface area (Å²) in [7, 11) is 0. The van der Waals surface area contributed by atoms with Gasteiger partial charge in [0.25, 0.3) is 0 Å². The van der Waals surface area contributed by atoms with E-state index in [9.17, 15) is 0 Å². The zero-order chi connectivity index (χ0) is 14.5. The summed E-state index contributed by atoms with van der Waals surface area (Å²) >= 11 is 0. The SMILES string of the molecule is CCCOc1cccc(Nc2cc(C)ccc2C)c1N. The highest BCUT2D eigenvalue weighted by Crippen LogP contribution is 2.32. The van der Waals surface area contributed by atoms with Gasteiger partial charge in [0.05, 0.1) is 18.0 Å². The van der Waals surface area contributed by atoms with Gasteiger partial charge in [0.15, 0.2) is 0 Å². The molecule has 0 heterocycles. The van der Waals surface area contributed by atoms with Crippen LogP contribution in [0.4, 0.5) is 17.1 Å². The van der Waals surface area contributed by atoms with Crippen molar-refractivity contribution in [3.8, 4) is 5.75 Å². The van der Waals surface area contributed by atoms with Crippen LogP contribution in [0.2, 0.25) is 0 Å². The monoisotopic (exact) mass is 270 g/mol. The molecule has 0 bridgehead atoms. The first-order valence-electron chi connectivity index (χ1n) is 6.97. The summed E-state index contributed by atoms with van der Waals surface area (Å²) in [5.41, 5.74) is 11.2. The van der Waals surface area contributed by atoms with Crippen LogP contribution < -0.4 is 15.8 Å². The van der Waals surface area contributed by atoms with Gasteiger partial charge >= 0.3 is 0 Å². The molecular formula is C17H22N2O. The predicted molar refractivity (Wildman–Crippen MR) is 85.8 cm³/mol. The lowest BCUT2D eigenvalue weighted by molar-refractivity contribution is 0.319. The molecule has 2 aromatic carbocycles. The van der Waals surface area contributed by atoms with Gasteiger partial charge in [-0.3, -0.25) is 0 Å². The zero-order valence-electron chi connectivity index (χ0n) is 12.4. The molecular weight excluding hydrogens is 248 g/mol. The molecule has 3 nitrogen and oxygen atoms in total. The number of nitrogens with one attached hydrogen (secondary N) is 1. The molecule has 0 fully saturated rings. The number of aryl methyl sites for hydroxylation is 2. The predicted octanol–water partition coefficient (Wildman–Crippen LogP) is 4.42. The van der Waals surface area contributed by atoms with E-state index in [1.54, 1.807) is 0 Å². The number of rotatable bonds is 5. The second-order valence-corrected chi connectivity index (χ2v) is 5.01. The Balaban J connectivity index is 2.27. The maximum absolute atomic E-state index is 6.17. The molecule has 2 aromatic rings. The van der Waals surface area contributed by atoms with Crippen molar-refractivity contribution < 1.29 is 4.74 Å². The molecule has 0 saturated carbocycles. The van der Waals surface area contributed by atoms with E-state index in [2.05, 4.69) is 44.3 Å². The summed E-state index contributed by atoms with van der Waals surface area (Å²) in [5, 5.41) is 3.39. The molecule has 3 heteroatoms. The lowest BCUT2D eigenvalue weighted by Crippen LogP contribution is -2.03. The molecule has 106 valence electrons. The third-order valence-electron chi connectivity index (χ3n) is 3.19. The molecule has 0 unspecified atom stereocenters. The second-order valence-electron chi connectivity index (χ2n) is 5.01. The van der Waals surface area contributed by atoms with Crippen LogP contribution in [-0.2, 0) is 0 Å². The fraction of sp³-hybridized carbons (Fsp3) is 0.294. The number of benzene rings is 2. The van der Waals surface area contributed by atoms with Crippen LogP contribution in [0.3, 0.4) is 0 Å². The van der Waals surface area contributed by atoms with Gasteiger partial charge in [-0.05, 0) is 49.6 Å². The van der Waals surface area contributed by atoms with Crippen LogP contribution in [-0.4, -0.2) is 6.61 Å². The molecule has 0 aliphatic heterocycles. The first kappa shape index (κ1) is 14.3. The Labute approximate surface area is 120 Å². The minimum atomic E-state index is 0.654. The van der Waals surface area contributed by atoms with E-state index >= 15 is 0 Å². The molecule has 0 atom stereocenters. The Morgan fingerprint density at radius 3 is 2.65 bits per heavy atom. The second kappa shape index (κ2) is 6.33. The highest BCUT2D eigenvalue weighted by atomic mass is 16.5. The molecule has 3 N–H and O–H groups in total. The van der Waals surface area contributed by atoms with Gasteiger partial charge in [-0.25, -0.2) is 0 Å². The Morgan fingerprint density at radius 2 is 1.90 bits per heavy atom. The van der Waals surface area contributed by atoms with Crippen LogP contribution in [0.15, 0.2) is 36.4 Å². The summed E-state index contributed by atoms with van der Waals surface area (Å²) in [5.74, 6) is 0.738. The minimum absolute atomic E-state index is 0.654. The number of anilines is 3. The van der Waals surface area contributed by atoms with Gasteiger partial charge in [-0.2, -0.15) is 0 Å². The van der Waals surface area contributed by atoms with E-state index in [1.807, 2.05) is 18.2 Å². The maximum Gasteiger partial charge on any atom is 0.144 e. The third-order valence-corrected chi connectivity index (χ3v) is 3.19. The topological polar surface area (TPSA) is 47.3 Å². The van der Waals surface area contributed by atoms with Gasteiger partial charge < -0.3 is 15.8 Å². The number of nitrogen functional groups attached to an aromatic ring is 1. The number of hydrogen-bond donors (Lipinski definition) is 2. The summed E-state index contributed by atoms with van der Waals surface area (Å²) in [6.45, 7) is 6.91. The molecule has 0 spiro atoms. The van der Waals surface area contributed by atoms with Crippen LogP contribution in [0.1, 0.15) is 24.5 Å².